The summed E-state index contributed by atoms with van der Waals surface area (Å²) in [5.41, 5.74) is 1.22. The molecule has 0 radical (unpaired) electrons. The molecule has 0 saturated carbocycles. The summed E-state index contributed by atoms with van der Waals surface area (Å²) in [6.45, 7) is 2.84. The largest absolute Gasteiger partial charge is 0.356 e. The van der Waals surface area contributed by atoms with Gasteiger partial charge in [-0.3, -0.25) is 4.99 Å². The maximum atomic E-state index is 11.6. The summed E-state index contributed by atoms with van der Waals surface area (Å²) in [6.07, 6.45) is 5.10. The van der Waals surface area contributed by atoms with Crippen molar-refractivity contribution in [3.63, 3.8) is 0 Å². The Labute approximate surface area is 145 Å². The van der Waals surface area contributed by atoms with E-state index in [9.17, 15) is 8.42 Å². The highest BCUT2D eigenvalue weighted by molar-refractivity contribution is 7.88. The molecule has 136 valence electrons. The maximum absolute atomic E-state index is 11.6. The first-order valence-corrected chi connectivity index (χ1v) is 10.1. The molecule has 1 aromatic rings. The number of aryl methyl sites for hydroxylation is 1. The molecule has 1 aromatic heterocycles. The van der Waals surface area contributed by atoms with Crippen LogP contribution in [0.4, 0.5) is 0 Å². The van der Waals surface area contributed by atoms with Gasteiger partial charge in [-0.1, -0.05) is 0 Å². The van der Waals surface area contributed by atoms with Gasteiger partial charge < -0.3 is 14.8 Å². The quantitative estimate of drug-likeness (QED) is 0.624. The van der Waals surface area contributed by atoms with Gasteiger partial charge in [0.1, 0.15) is 0 Å². The zero-order valence-corrected chi connectivity index (χ0v) is 15.9. The maximum Gasteiger partial charge on any atom is 0.211 e. The molecule has 0 bridgehead atoms. The van der Waals surface area contributed by atoms with E-state index >= 15 is 0 Å². The third kappa shape index (κ3) is 4.98. The molecule has 1 aliphatic rings. The monoisotopic (exact) mass is 355 g/mol. The van der Waals surface area contributed by atoms with Crippen LogP contribution >= 0.6 is 0 Å². The van der Waals surface area contributed by atoms with Crippen LogP contribution in [0, 0.1) is 5.92 Å². The summed E-state index contributed by atoms with van der Waals surface area (Å²) in [7, 11) is 2.79. The van der Waals surface area contributed by atoms with Gasteiger partial charge >= 0.3 is 0 Å². The molecule has 24 heavy (non-hydrogen) atoms. The van der Waals surface area contributed by atoms with Crippen molar-refractivity contribution in [2.24, 2.45) is 18.0 Å². The number of aliphatic imine (C=N–C) groups is 1. The van der Waals surface area contributed by atoms with Gasteiger partial charge in [-0.2, -0.15) is 0 Å². The first-order chi connectivity index (χ1) is 11.3. The minimum Gasteiger partial charge on any atom is -0.356 e. The molecule has 2 rings (SSSR count). The van der Waals surface area contributed by atoms with E-state index in [0.717, 1.165) is 31.9 Å². The minimum atomic E-state index is -3.05. The molecule has 8 heteroatoms. The highest BCUT2D eigenvalue weighted by atomic mass is 32.2. The average molecular weight is 356 g/mol. The van der Waals surface area contributed by atoms with Crippen LogP contribution in [0.2, 0.25) is 0 Å². The zero-order chi connectivity index (χ0) is 17.7. The molecule has 0 aromatic carbocycles. The lowest BCUT2D eigenvalue weighted by Gasteiger charge is -2.31. The number of aromatic nitrogens is 1. The predicted octanol–water partition coefficient (Wildman–Crippen LogP) is 0.704. The molecular formula is C16H29N5O2S. The van der Waals surface area contributed by atoms with Crippen LogP contribution in [0.25, 0.3) is 0 Å². The molecule has 1 aliphatic heterocycles. The third-order valence-corrected chi connectivity index (χ3v) is 5.92. The Kier molecular flexibility index (Phi) is 6.28. The topological polar surface area (TPSA) is 69.9 Å². The molecular weight excluding hydrogens is 326 g/mol. The summed E-state index contributed by atoms with van der Waals surface area (Å²) in [4.78, 5) is 6.45. The number of hydrogen-bond acceptors (Lipinski definition) is 3. The molecule has 0 unspecified atom stereocenters. The van der Waals surface area contributed by atoms with Crippen molar-refractivity contribution in [2.75, 3.05) is 40.0 Å². The molecule has 0 spiro atoms. The molecule has 2 heterocycles. The second-order valence-electron chi connectivity index (χ2n) is 6.50. The van der Waals surface area contributed by atoms with E-state index in [4.69, 9.17) is 0 Å². The Hall–Kier alpha value is -1.54. The van der Waals surface area contributed by atoms with E-state index in [1.165, 1.54) is 11.9 Å². The summed E-state index contributed by atoms with van der Waals surface area (Å²) < 4.78 is 26.8. The third-order valence-electron chi connectivity index (χ3n) is 4.62. The van der Waals surface area contributed by atoms with Crippen molar-refractivity contribution in [3.05, 3.63) is 24.0 Å². The van der Waals surface area contributed by atoms with E-state index < -0.39 is 10.0 Å². The van der Waals surface area contributed by atoms with Gasteiger partial charge in [0.2, 0.25) is 10.0 Å². The van der Waals surface area contributed by atoms with E-state index in [1.54, 1.807) is 11.4 Å². The minimum absolute atomic E-state index is 0.475. The molecule has 0 atom stereocenters. The van der Waals surface area contributed by atoms with Crippen LogP contribution in [-0.4, -0.2) is 68.1 Å². The Morgan fingerprint density at radius 1 is 1.42 bits per heavy atom. The Balaban J connectivity index is 1.81. The number of piperidine rings is 1. The Bertz CT molecular complexity index is 660. The first-order valence-electron chi connectivity index (χ1n) is 8.28. The van der Waals surface area contributed by atoms with Crippen LogP contribution in [0.1, 0.15) is 18.5 Å². The second-order valence-corrected chi connectivity index (χ2v) is 8.48. The van der Waals surface area contributed by atoms with Crippen molar-refractivity contribution in [1.82, 2.24) is 19.1 Å². The van der Waals surface area contributed by atoms with Gasteiger partial charge in [0, 0.05) is 52.7 Å². The summed E-state index contributed by atoms with van der Waals surface area (Å²) in [6, 6.07) is 4.14. The summed E-state index contributed by atoms with van der Waals surface area (Å²) >= 11 is 0. The van der Waals surface area contributed by atoms with Crippen molar-refractivity contribution in [1.29, 1.82) is 0 Å². The SMILES string of the molecule is CN=C(NCC1CCN(S(C)(=O)=O)CC1)N(C)Cc1cccn1C. The highest BCUT2D eigenvalue weighted by Crippen LogP contribution is 2.18. The van der Waals surface area contributed by atoms with E-state index in [-0.39, 0.29) is 0 Å². The van der Waals surface area contributed by atoms with Crippen LogP contribution in [-0.2, 0) is 23.6 Å². The van der Waals surface area contributed by atoms with Crippen LogP contribution in [0.3, 0.4) is 0 Å². The lowest BCUT2D eigenvalue weighted by Crippen LogP contribution is -2.44. The lowest BCUT2D eigenvalue weighted by molar-refractivity contribution is 0.273. The van der Waals surface area contributed by atoms with Gasteiger partial charge in [0.05, 0.1) is 12.8 Å². The predicted molar refractivity (Wildman–Crippen MR) is 97.4 cm³/mol. The molecule has 1 saturated heterocycles. The summed E-state index contributed by atoms with van der Waals surface area (Å²) in [5, 5.41) is 3.42. The highest BCUT2D eigenvalue weighted by Gasteiger charge is 2.25. The van der Waals surface area contributed by atoms with E-state index in [0.29, 0.717) is 19.0 Å². The Morgan fingerprint density at radius 3 is 2.58 bits per heavy atom. The molecule has 1 fully saturated rings. The zero-order valence-electron chi connectivity index (χ0n) is 15.1. The van der Waals surface area contributed by atoms with Crippen LogP contribution in [0.15, 0.2) is 23.3 Å². The van der Waals surface area contributed by atoms with E-state index in [1.807, 2.05) is 26.4 Å². The normalized spacial score (nSPS) is 17.9. The van der Waals surface area contributed by atoms with Crippen LogP contribution < -0.4 is 5.32 Å². The van der Waals surface area contributed by atoms with Crippen molar-refractivity contribution in [3.8, 4) is 0 Å². The van der Waals surface area contributed by atoms with Crippen molar-refractivity contribution < 1.29 is 8.42 Å². The van der Waals surface area contributed by atoms with Crippen molar-refractivity contribution >= 4 is 16.0 Å². The number of hydrogen-bond donors (Lipinski definition) is 1. The fourth-order valence-electron chi connectivity index (χ4n) is 3.04. The lowest BCUT2D eigenvalue weighted by atomic mass is 9.98. The van der Waals surface area contributed by atoms with Crippen molar-refractivity contribution in [2.45, 2.75) is 19.4 Å². The smallest absolute Gasteiger partial charge is 0.211 e. The van der Waals surface area contributed by atoms with Gasteiger partial charge in [-0.15, -0.1) is 0 Å². The van der Waals surface area contributed by atoms with Crippen LogP contribution in [0.5, 0.6) is 0 Å². The van der Waals surface area contributed by atoms with Gasteiger partial charge in [-0.05, 0) is 30.9 Å². The van der Waals surface area contributed by atoms with Gasteiger partial charge in [0.25, 0.3) is 0 Å². The fourth-order valence-corrected chi connectivity index (χ4v) is 3.92. The number of guanidine groups is 1. The first kappa shape index (κ1) is 18.8. The standard InChI is InChI=1S/C16H29N5O2S/c1-17-16(20(3)13-15-6-5-9-19(15)2)18-12-14-7-10-21(11-8-14)24(4,22)23/h5-6,9,14H,7-8,10-13H2,1-4H3,(H,17,18). The average Bonchev–Trinajstić information content (AvgIpc) is 2.92. The van der Waals surface area contributed by atoms with E-state index in [2.05, 4.69) is 25.8 Å². The number of rotatable bonds is 5. The fraction of sp³-hybridized carbons (Fsp3) is 0.688. The molecule has 1 N–H and O–H groups in total. The molecule has 0 amide bonds. The molecule has 0 aliphatic carbocycles. The Morgan fingerprint density at radius 2 is 2.08 bits per heavy atom. The molecule has 7 nitrogen and oxygen atoms in total. The van der Waals surface area contributed by atoms with Gasteiger partial charge in [0.15, 0.2) is 5.96 Å². The number of nitrogens with one attached hydrogen (secondary N) is 1. The van der Waals surface area contributed by atoms with Gasteiger partial charge in [-0.25, -0.2) is 12.7 Å². The number of nitrogens with zero attached hydrogens (tertiary/aromatic N) is 4. The second kappa shape index (κ2) is 8.02. The summed E-state index contributed by atoms with van der Waals surface area (Å²) in [5.74, 6) is 1.34. The number of sulfonamides is 1.